The molecule has 4 heteroatoms. The summed E-state index contributed by atoms with van der Waals surface area (Å²) in [5.74, 6) is 3.15. The number of rotatable bonds is 3. The van der Waals surface area contributed by atoms with Crippen LogP contribution in [0.15, 0.2) is 12.1 Å². The average molecular weight is 314 g/mol. The van der Waals surface area contributed by atoms with E-state index in [1.807, 2.05) is 6.92 Å². The van der Waals surface area contributed by atoms with Crippen molar-refractivity contribution in [1.29, 1.82) is 0 Å². The fourth-order valence-corrected chi connectivity index (χ4v) is 5.56. The molecule has 0 heterocycles. The Labute approximate surface area is 128 Å². The molecule has 1 nitrogen and oxygen atoms in total. The monoisotopic (exact) mass is 313 g/mol. The first kappa shape index (κ1) is 13.4. The molecule has 0 aromatic heterocycles. The normalized spacial score (nSPS) is 38.9. The standard InChI is InChI=1S/C16H18Cl2FN/c1-7(12-10(17)4-5-11(19)15(12)18)20-16-13-8-2-3-9(6-8)14(13)16/h4-5,7-9,13-14,16,20H,2-3,6H2,1H3. The van der Waals surface area contributed by atoms with Gasteiger partial charge in [0, 0.05) is 22.7 Å². The minimum atomic E-state index is -0.393. The van der Waals surface area contributed by atoms with Gasteiger partial charge in [-0.25, -0.2) is 4.39 Å². The topological polar surface area (TPSA) is 12.0 Å². The van der Waals surface area contributed by atoms with Crippen LogP contribution in [0, 0.1) is 29.5 Å². The van der Waals surface area contributed by atoms with Crippen LogP contribution < -0.4 is 5.32 Å². The van der Waals surface area contributed by atoms with E-state index in [2.05, 4.69) is 5.32 Å². The molecule has 0 amide bonds. The molecule has 3 fully saturated rings. The first-order valence-corrected chi connectivity index (χ1v) is 8.23. The third-order valence-corrected chi connectivity index (χ3v) is 6.40. The first-order chi connectivity index (χ1) is 9.58. The van der Waals surface area contributed by atoms with Gasteiger partial charge in [0.25, 0.3) is 0 Å². The fraction of sp³-hybridized carbons (Fsp3) is 0.625. The summed E-state index contributed by atoms with van der Waals surface area (Å²) < 4.78 is 13.6. The Morgan fingerprint density at radius 2 is 1.85 bits per heavy atom. The molecule has 5 unspecified atom stereocenters. The van der Waals surface area contributed by atoms with E-state index in [9.17, 15) is 4.39 Å². The van der Waals surface area contributed by atoms with Crippen LogP contribution in [-0.4, -0.2) is 6.04 Å². The van der Waals surface area contributed by atoms with Gasteiger partial charge in [0.05, 0.1) is 5.02 Å². The minimum absolute atomic E-state index is 0.000648. The molecule has 3 saturated carbocycles. The number of benzene rings is 1. The predicted octanol–water partition coefficient (Wildman–Crippen LogP) is 4.83. The molecule has 3 aliphatic rings. The van der Waals surface area contributed by atoms with E-state index in [4.69, 9.17) is 23.2 Å². The van der Waals surface area contributed by atoms with Gasteiger partial charge in [-0.15, -0.1) is 0 Å². The van der Waals surface area contributed by atoms with Crippen LogP contribution in [0.4, 0.5) is 4.39 Å². The lowest BCUT2D eigenvalue weighted by Gasteiger charge is -2.20. The Morgan fingerprint density at radius 3 is 2.50 bits per heavy atom. The van der Waals surface area contributed by atoms with Crippen molar-refractivity contribution in [2.24, 2.45) is 23.7 Å². The zero-order chi connectivity index (χ0) is 14.0. The SMILES string of the molecule is CC(NC1C2C3CCC(C3)C12)c1c(Cl)ccc(F)c1Cl. The van der Waals surface area contributed by atoms with Gasteiger partial charge in [-0.1, -0.05) is 23.2 Å². The molecule has 3 aliphatic carbocycles. The minimum Gasteiger partial charge on any atom is -0.307 e. The van der Waals surface area contributed by atoms with Crippen molar-refractivity contribution in [1.82, 2.24) is 5.32 Å². The summed E-state index contributed by atoms with van der Waals surface area (Å²) in [7, 11) is 0. The molecule has 0 spiro atoms. The van der Waals surface area contributed by atoms with E-state index in [1.165, 1.54) is 25.3 Å². The molecule has 0 radical (unpaired) electrons. The second kappa shape index (κ2) is 4.59. The number of hydrogen-bond donors (Lipinski definition) is 1. The van der Waals surface area contributed by atoms with Crippen molar-refractivity contribution in [3.63, 3.8) is 0 Å². The molecule has 5 atom stereocenters. The highest BCUT2D eigenvalue weighted by atomic mass is 35.5. The molecule has 0 saturated heterocycles. The van der Waals surface area contributed by atoms with Crippen LogP contribution in [0.25, 0.3) is 0 Å². The molecule has 4 rings (SSSR count). The third-order valence-electron chi connectivity index (χ3n) is 5.69. The number of nitrogens with one attached hydrogen (secondary N) is 1. The summed E-state index contributed by atoms with van der Waals surface area (Å²) in [4.78, 5) is 0. The molecule has 0 aliphatic heterocycles. The van der Waals surface area contributed by atoms with Crippen molar-refractivity contribution in [2.45, 2.75) is 38.3 Å². The fourth-order valence-electron chi connectivity index (χ4n) is 4.86. The van der Waals surface area contributed by atoms with Gasteiger partial charge in [-0.2, -0.15) is 0 Å². The first-order valence-electron chi connectivity index (χ1n) is 7.47. The average Bonchev–Trinajstić information content (AvgIpc) is 2.82. The number of fused-ring (bicyclic) bond motifs is 5. The lowest BCUT2D eigenvalue weighted by molar-refractivity contribution is 0.432. The van der Waals surface area contributed by atoms with Gasteiger partial charge in [-0.3, -0.25) is 0 Å². The Morgan fingerprint density at radius 1 is 1.20 bits per heavy atom. The maximum atomic E-state index is 13.6. The molecule has 108 valence electrons. The van der Waals surface area contributed by atoms with Crippen LogP contribution >= 0.6 is 23.2 Å². The van der Waals surface area contributed by atoms with Gasteiger partial charge in [0.15, 0.2) is 0 Å². The van der Waals surface area contributed by atoms with E-state index in [0.29, 0.717) is 16.6 Å². The van der Waals surface area contributed by atoms with Crippen molar-refractivity contribution in [3.05, 3.63) is 33.6 Å². The maximum absolute atomic E-state index is 13.6. The predicted molar refractivity (Wildman–Crippen MR) is 79.6 cm³/mol. The second-order valence-electron chi connectivity index (χ2n) is 6.66. The summed E-state index contributed by atoms with van der Waals surface area (Å²) in [5.41, 5.74) is 0.700. The van der Waals surface area contributed by atoms with Gasteiger partial charge < -0.3 is 5.32 Å². The molecule has 20 heavy (non-hydrogen) atoms. The maximum Gasteiger partial charge on any atom is 0.142 e. The van der Waals surface area contributed by atoms with E-state index in [-0.39, 0.29) is 11.1 Å². The summed E-state index contributed by atoms with van der Waals surface area (Å²) in [5, 5.41) is 4.35. The quantitative estimate of drug-likeness (QED) is 0.788. The molecule has 2 bridgehead atoms. The van der Waals surface area contributed by atoms with Gasteiger partial charge in [0.2, 0.25) is 0 Å². The highest BCUT2D eigenvalue weighted by Crippen LogP contribution is 2.66. The lowest BCUT2D eigenvalue weighted by atomic mass is 10.0. The van der Waals surface area contributed by atoms with Crippen molar-refractivity contribution in [3.8, 4) is 0 Å². The molecule has 1 aromatic rings. The summed E-state index contributed by atoms with van der Waals surface area (Å²) in [6.07, 6.45) is 4.24. The van der Waals surface area contributed by atoms with Crippen LogP contribution in [0.5, 0.6) is 0 Å². The molecular weight excluding hydrogens is 296 g/mol. The zero-order valence-electron chi connectivity index (χ0n) is 11.4. The van der Waals surface area contributed by atoms with Crippen molar-refractivity contribution in [2.75, 3.05) is 0 Å². The third kappa shape index (κ3) is 1.84. The van der Waals surface area contributed by atoms with Crippen LogP contribution in [0.3, 0.4) is 0 Å². The van der Waals surface area contributed by atoms with E-state index in [1.54, 1.807) is 6.07 Å². The second-order valence-corrected chi connectivity index (χ2v) is 7.44. The van der Waals surface area contributed by atoms with Gasteiger partial charge in [0.1, 0.15) is 5.82 Å². The van der Waals surface area contributed by atoms with E-state index in [0.717, 1.165) is 23.7 Å². The zero-order valence-corrected chi connectivity index (χ0v) is 12.9. The van der Waals surface area contributed by atoms with Gasteiger partial charge in [-0.05, 0) is 62.0 Å². The van der Waals surface area contributed by atoms with Crippen LogP contribution in [0.1, 0.15) is 37.8 Å². The van der Waals surface area contributed by atoms with Gasteiger partial charge >= 0.3 is 0 Å². The Hall–Kier alpha value is -0.310. The summed E-state index contributed by atoms with van der Waals surface area (Å²) in [6.45, 7) is 2.03. The highest BCUT2D eigenvalue weighted by molar-refractivity contribution is 6.36. The summed E-state index contributed by atoms with van der Waals surface area (Å²) in [6, 6.07) is 3.51. The molecule has 1 aromatic carbocycles. The number of hydrogen-bond acceptors (Lipinski definition) is 1. The highest BCUT2D eigenvalue weighted by Gasteiger charge is 2.64. The van der Waals surface area contributed by atoms with E-state index >= 15 is 0 Å². The number of halogens is 3. The van der Waals surface area contributed by atoms with Crippen LogP contribution in [0.2, 0.25) is 10.0 Å². The summed E-state index contributed by atoms with van der Waals surface area (Å²) >= 11 is 12.3. The molecule has 1 N–H and O–H groups in total. The molecular formula is C16H18Cl2FN. The van der Waals surface area contributed by atoms with Crippen molar-refractivity contribution >= 4 is 23.2 Å². The van der Waals surface area contributed by atoms with E-state index < -0.39 is 5.82 Å². The Bertz CT molecular complexity index is 546. The smallest absolute Gasteiger partial charge is 0.142 e. The Kier molecular flexibility index (Phi) is 3.07. The lowest BCUT2D eigenvalue weighted by Crippen LogP contribution is -2.26. The van der Waals surface area contributed by atoms with Crippen molar-refractivity contribution < 1.29 is 4.39 Å². The van der Waals surface area contributed by atoms with Crippen LogP contribution in [-0.2, 0) is 0 Å². The Balaban J connectivity index is 1.52. The largest absolute Gasteiger partial charge is 0.307 e.